The minimum absolute atomic E-state index is 0.100. The van der Waals surface area contributed by atoms with Crippen molar-refractivity contribution in [3.63, 3.8) is 0 Å². The van der Waals surface area contributed by atoms with Crippen LogP contribution < -0.4 is 15.6 Å². The van der Waals surface area contributed by atoms with Crippen LogP contribution in [0.25, 0.3) is 33.6 Å². The Hall–Kier alpha value is -3.72. The summed E-state index contributed by atoms with van der Waals surface area (Å²) in [4.78, 5) is 35.5. The molecule has 0 aliphatic carbocycles. The zero-order valence-corrected chi connectivity index (χ0v) is 25.9. The molecule has 1 aliphatic rings. The number of hydrogen-bond acceptors (Lipinski definition) is 6. The van der Waals surface area contributed by atoms with Crippen LogP contribution in [-0.4, -0.2) is 53.6 Å². The molecule has 0 atom stereocenters. The van der Waals surface area contributed by atoms with Gasteiger partial charge in [-0.3, -0.25) is 14.2 Å². The van der Waals surface area contributed by atoms with E-state index in [1.165, 1.54) is 11.3 Å². The van der Waals surface area contributed by atoms with Gasteiger partial charge in [0.05, 0.1) is 35.3 Å². The van der Waals surface area contributed by atoms with Crippen molar-refractivity contribution in [3.8, 4) is 33.3 Å². The molecule has 0 bridgehead atoms. The van der Waals surface area contributed by atoms with E-state index in [4.69, 9.17) is 21.3 Å². The Balaban J connectivity index is 1.80. The lowest BCUT2D eigenvalue weighted by Gasteiger charge is -2.24. The second-order valence-electron chi connectivity index (χ2n) is 10.5. The summed E-state index contributed by atoms with van der Waals surface area (Å²) in [5.74, 6) is 0.532. The van der Waals surface area contributed by atoms with Gasteiger partial charge in [-0.1, -0.05) is 42.3 Å². The summed E-state index contributed by atoms with van der Waals surface area (Å²) in [6.07, 6.45) is 3.49. The molecule has 2 aromatic carbocycles. The summed E-state index contributed by atoms with van der Waals surface area (Å²) in [6, 6.07) is 14.9. The van der Waals surface area contributed by atoms with Crippen LogP contribution in [0, 0.1) is 0 Å². The summed E-state index contributed by atoms with van der Waals surface area (Å²) in [7, 11) is 1.61. The van der Waals surface area contributed by atoms with Crippen molar-refractivity contribution in [3.05, 3.63) is 91.7 Å². The number of allylic oxidation sites excluding steroid dienone is 1. The van der Waals surface area contributed by atoms with Gasteiger partial charge in [0.1, 0.15) is 10.8 Å². The number of methoxy groups -OCH3 is 1. The van der Waals surface area contributed by atoms with Crippen molar-refractivity contribution < 1.29 is 9.53 Å². The molecule has 7 nitrogen and oxygen atoms in total. The van der Waals surface area contributed by atoms with Crippen LogP contribution in [0.3, 0.4) is 0 Å². The number of benzene rings is 2. The van der Waals surface area contributed by atoms with Crippen molar-refractivity contribution in [2.45, 2.75) is 33.6 Å². The molecule has 2 aromatic heterocycles. The third-order valence-electron chi connectivity index (χ3n) is 7.31. The van der Waals surface area contributed by atoms with Gasteiger partial charge in [-0.15, -0.1) is 11.3 Å². The fourth-order valence-electron chi connectivity index (χ4n) is 5.16. The number of thiazole rings is 1. The van der Waals surface area contributed by atoms with Gasteiger partial charge in [-0.05, 0) is 69.1 Å². The largest absolute Gasteiger partial charge is 0.497 e. The van der Waals surface area contributed by atoms with Gasteiger partial charge in [-0.25, -0.2) is 4.98 Å². The summed E-state index contributed by atoms with van der Waals surface area (Å²) < 4.78 is 7.24. The molecule has 5 rings (SSSR count). The number of hydrogen-bond donors (Lipinski definition) is 1. The highest BCUT2D eigenvalue weighted by Gasteiger charge is 2.26. The number of amides is 1. The average Bonchev–Trinajstić information content (AvgIpc) is 3.31. The van der Waals surface area contributed by atoms with Gasteiger partial charge in [-0.2, -0.15) is 0 Å². The molecule has 0 radical (unpaired) electrons. The van der Waals surface area contributed by atoms with Crippen molar-refractivity contribution in [1.82, 2.24) is 19.8 Å². The van der Waals surface area contributed by atoms with Gasteiger partial charge in [0.15, 0.2) is 0 Å². The normalized spacial score (nSPS) is 13.5. The monoisotopic (exact) mass is 602 g/mol. The zero-order chi connectivity index (χ0) is 29.8. The fraction of sp³-hybridized carbons (Fsp3) is 0.303. The molecule has 4 aromatic rings. The molecule has 1 aliphatic heterocycles. The number of nitrogens with zero attached hydrogens (tertiary/aromatic N) is 3. The Bertz CT molecular complexity index is 1680. The topological polar surface area (TPSA) is 76.5 Å². The molecule has 1 N–H and O–H groups in total. The number of rotatable bonds is 7. The van der Waals surface area contributed by atoms with Crippen LogP contribution in [0.15, 0.2) is 64.3 Å². The summed E-state index contributed by atoms with van der Waals surface area (Å²) in [6.45, 7) is 8.83. The van der Waals surface area contributed by atoms with E-state index < -0.39 is 0 Å². The van der Waals surface area contributed by atoms with Crippen molar-refractivity contribution in [2.75, 3.05) is 33.3 Å². The summed E-state index contributed by atoms with van der Waals surface area (Å²) in [5, 5.41) is 6.49. The van der Waals surface area contributed by atoms with E-state index in [0.717, 1.165) is 41.9 Å². The molecular weight excluding hydrogens is 568 g/mol. The Labute approximate surface area is 255 Å². The maximum absolute atomic E-state index is 14.5. The third-order valence-corrected chi connectivity index (χ3v) is 8.44. The second-order valence-corrected chi connectivity index (χ2v) is 11.8. The maximum Gasteiger partial charge on any atom is 0.265 e. The molecule has 1 amide bonds. The first-order valence-electron chi connectivity index (χ1n) is 14.1. The van der Waals surface area contributed by atoms with E-state index in [1.54, 1.807) is 17.7 Å². The average molecular weight is 603 g/mol. The zero-order valence-electron chi connectivity index (χ0n) is 24.4. The van der Waals surface area contributed by atoms with Gasteiger partial charge in [0, 0.05) is 41.7 Å². The predicted molar refractivity (Wildman–Crippen MR) is 172 cm³/mol. The van der Waals surface area contributed by atoms with Crippen molar-refractivity contribution in [2.24, 2.45) is 0 Å². The smallest absolute Gasteiger partial charge is 0.265 e. The Morgan fingerprint density at radius 1 is 1.12 bits per heavy atom. The van der Waals surface area contributed by atoms with Crippen LogP contribution in [0.2, 0.25) is 5.02 Å². The molecule has 0 spiro atoms. The molecule has 9 heteroatoms. The van der Waals surface area contributed by atoms with Crippen molar-refractivity contribution >= 4 is 34.9 Å². The number of aryl methyl sites for hydroxylation is 1. The number of pyridine rings is 1. The third kappa shape index (κ3) is 6.21. The highest BCUT2D eigenvalue weighted by atomic mass is 35.5. The highest BCUT2D eigenvalue weighted by Crippen LogP contribution is 2.32. The molecule has 0 unspecified atom stereocenters. The number of ether oxygens (including phenoxy) is 1. The van der Waals surface area contributed by atoms with Gasteiger partial charge in [0.2, 0.25) is 0 Å². The molecule has 42 heavy (non-hydrogen) atoms. The quantitative estimate of drug-likeness (QED) is 0.254. The summed E-state index contributed by atoms with van der Waals surface area (Å²) in [5.41, 5.74) is 5.45. The maximum atomic E-state index is 14.5. The van der Waals surface area contributed by atoms with E-state index in [1.807, 2.05) is 72.7 Å². The minimum atomic E-state index is -0.239. The Morgan fingerprint density at radius 2 is 1.90 bits per heavy atom. The Morgan fingerprint density at radius 3 is 2.62 bits per heavy atom. The second kappa shape index (κ2) is 13.1. The lowest BCUT2D eigenvalue weighted by Crippen LogP contribution is -2.36. The first-order valence-corrected chi connectivity index (χ1v) is 15.4. The van der Waals surface area contributed by atoms with Crippen LogP contribution in [0.4, 0.5) is 0 Å². The lowest BCUT2D eigenvalue weighted by atomic mass is 10.0. The SMILES string of the molecule is CCc1ccc(OC)cc1-n1c(C=C(C)C)c(C(=O)N2CCCNCC2)cc(-c2nc(-c3ccc(Cl)cc3)cs2)c1=O. The molecule has 1 fully saturated rings. The van der Waals surface area contributed by atoms with Crippen LogP contribution in [0.5, 0.6) is 5.75 Å². The van der Waals surface area contributed by atoms with Gasteiger partial charge < -0.3 is 15.0 Å². The molecule has 218 valence electrons. The number of nitrogens with one attached hydrogen (secondary N) is 1. The molecule has 3 heterocycles. The van der Waals surface area contributed by atoms with Gasteiger partial charge >= 0.3 is 0 Å². The van der Waals surface area contributed by atoms with E-state index in [9.17, 15) is 9.59 Å². The minimum Gasteiger partial charge on any atom is -0.497 e. The number of halogens is 1. The highest BCUT2D eigenvalue weighted by molar-refractivity contribution is 7.13. The molecule has 1 saturated heterocycles. The standard InChI is InChI=1S/C33H35ClN4O3S/c1-5-22-9-12-25(41-4)18-29(22)38-30(17-21(2)3)26(32(39)37-15-6-13-35-14-16-37)19-27(33(38)40)31-36-28(20-42-31)23-7-10-24(34)11-8-23/h7-12,17-20,35H,5-6,13-16H2,1-4H3. The van der Waals surface area contributed by atoms with E-state index in [2.05, 4.69) is 12.2 Å². The van der Waals surface area contributed by atoms with Gasteiger partial charge in [0.25, 0.3) is 11.5 Å². The van der Waals surface area contributed by atoms with Crippen LogP contribution >= 0.6 is 22.9 Å². The number of carbonyl (C=O) groups is 1. The van der Waals surface area contributed by atoms with E-state index >= 15 is 0 Å². The van der Waals surface area contributed by atoms with E-state index in [0.29, 0.717) is 57.8 Å². The van der Waals surface area contributed by atoms with Crippen LogP contribution in [-0.2, 0) is 6.42 Å². The predicted octanol–water partition coefficient (Wildman–Crippen LogP) is 6.71. The molecule has 0 saturated carbocycles. The fourth-order valence-corrected chi connectivity index (χ4v) is 6.12. The Kier molecular flexibility index (Phi) is 9.26. The van der Waals surface area contributed by atoms with Crippen molar-refractivity contribution in [1.29, 1.82) is 0 Å². The molecular formula is C33H35ClN4O3S. The number of aromatic nitrogens is 2. The first-order chi connectivity index (χ1) is 20.3. The van der Waals surface area contributed by atoms with Crippen LogP contribution in [0.1, 0.15) is 48.8 Å². The summed E-state index contributed by atoms with van der Waals surface area (Å²) >= 11 is 7.48. The van der Waals surface area contributed by atoms with E-state index in [-0.39, 0.29) is 11.5 Å². The first kappa shape index (κ1) is 29.8. The lowest BCUT2D eigenvalue weighted by molar-refractivity contribution is 0.0765. The number of carbonyl (C=O) groups excluding carboxylic acids is 1.